The molecule has 0 bridgehead atoms. The number of aromatic nitrogens is 4. The van der Waals surface area contributed by atoms with Gasteiger partial charge >= 0.3 is 0 Å². The van der Waals surface area contributed by atoms with Crippen LogP contribution in [-0.4, -0.2) is 32.6 Å². The SMILES string of the molecule is O=C(NCCc1ccncc1)c1n[nH]c(C2CC2)n1. The summed E-state index contributed by atoms with van der Waals surface area (Å²) in [4.78, 5) is 20.0. The van der Waals surface area contributed by atoms with Crippen LogP contribution < -0.4 is 5.32 Å². The second-order valence-corrected chi connectivity index (χ2v) is 4.68. The van der Waals surface area contributed by atoms with Crippen molar-refractivity contribution in [2.45, 2.75) is 25.2 Å². The average molecular weight is 257 g/mol. The summed E-state index contributed by atoms with van der Waals surface area (Å²) in [7, 11) is 0. The summed E-state index contributed by atoms with van der Waals surface area (Å²) in [6.45, 7) is 0.566. The van der Waals surface area contributed by atoms with Gasteiger partial charge in [0.15, 0.2) is 0 Å². The summed E-state index contributed by atoms with van der Waals surface area (Å²) in [5.74, 6) is 1.32. The first kappa shape index (κ1) is 11.8. The predicted octanol–water partition coefficient (Wildman–Crippen LogP) is 1.05. The molecule has 1 aliphatic carbocycles. The van der Waals surface area contributed by atoms with Crippen LogP contribution in [0.5, 0.6) is 0 Å². The van der Waals surface area contributed by atoms with Gasteiger partial charge in [-0.2, -0.15) is 0 Å². The molecule has 1 fully saturated rings. The summed E-state index contributed by atoms with van der Waals surface area (Å²) in [6.07, 6.45) is 6.54. The molecule has 1 saturated carbocycles. The first-order valence-corrected chi connectivity index (χ1v) is 6.42. The zero-order chi connectivity index (χ0) is 13.1. The number of H-pyrrole nitrogens is 1. The molecule has 0 radical (unpaired) electrons. The van der Waals surface area contributed by atoms with Crippen molar-refractivity contribution in [1.82, 2.24) is 25.5 Å². The summed E-state index contributed by atoms with van der Waals surface area (Å²) in [5, 5.41) is 9.59. The fourth-order valence-corrected chi connectivity index (χ4v) is 1.86. The smallest absolute Gasteiger partial charge is 0.290 e. The minimum atomic E-state index is -0.225. The van der Waals surface area contributed by atoms with E-state index in [2.05, 4.69) is 25.5 Å². The molecule has 0 atom stereocenters. The maximum atomic E-state index is 11.8. The quantitative estimate of drug-likeness (QED) is 0.838. The number of aromatic amines is 1. The van der Waals surface area contributed by atoms with Crippen LogP contribution in [0.1, 0.15) is 40.8 Å². The van der Waals surface area contributed by atoms with Crippen LogP contribution in [0.4, 0.5) is 0 Å². The van der Waals surface area contributed by atoms with E-state index < -0.39 is 0 Å². The van der Waals surface area contributed by atoms with Gasteiger partial charge in [0, 0.05) is 24.9 Å². The molecule has 2 heterocycles. The van der Waals surface area contributed by atoms with E-state index in [-0.39, 0.29) is 11.7 Å². The third-order valence-electron chi connectivity index (χ3n) is 3.12. The van der Waals surface area contributed by atoms with E-state index in [1.807, 2.05) is 12.1 Å². The molecule has 0 aromatic carbocycles. The van der Waals surface area contributed by atoms with Crippen LogP contribution in [0.3, 0.4) is 0 Å². The number of amides is 1. The largest absolute Gasteiger partial charge is 0.349 e. The number of hydrogen-bond acceptors (Lipinski definition) is 4. The monoisotopic (exact) mass is 257 g/mol. The van der Waals surface area contributed by atoms with Crippen molar-refractivity contribution in [1.29, 1.82) is 0 Å². The number of carbonyl (C=O) groups is 1. The van der Waals surface area contributed by atoms with Crippen LogP contribution in [0.15, 0.2) is 24.5 Å². The minimum absolute atomic E-state index is 0.225. The molecule has 2 aromatic rings. The lowest BCUT2D eigenvalue weighted by atomic mass is 10.2. The van der Waals surface area contributed by atoms with Gasteiger partial charge < -0.3 is 5.32 Å². The molecule has 2 aromatic heterocycles. The standard InChI is InChI=1S/C13H15N5O/c19-13(12-16-11(17-18-12)10-1-2-10)15-8-5-9-3-6-14-7-4-9/h3-4,6-7,10H,1-2,5,8H2,(H,15,19)(H,16,17,18). The van der Waals surface area contributed by atoms with Gasteiger partial charge in [-0.15, -0.1) is 5.10 Å². The number of pyridine rings is 1. The molecular weight excluding hydrogens is 242 g/mol. The van der Waals surface area contributed by atoms with E-state index in [0.29, 0.717) is 12.5 Å². The highest BCUT2D eigenvalue weighted by Gasteiger charge is 2.28. The highest BCUT2D eigenvalue weighted by atomic mass is 16.2. The van der Waals surface area contributed by atoms with Gasteiger partial charge in [-0.25, -0.2) is 4.98 Å². The maximum Gasteiger partial charge on any atom is 0.290 e. The summed E-state index contributed by atoms with van der Waals surface area (Å²) < 4.78 is 0. The van der Waals surface area contributed by atoms with E-state index in [9.17, 15) is 4.79 Å². The Hall–Kier alpha value is -2.24. The Kier molecular flexibility index (Phi) is 3.22. The number of rotatable bonds is 5. The van der Waals surface area contributed by atoms with E-state index in [1.54, 1.807) is 12.4 Å². The zero-order valence-electron chi connectivity index (χ0n) is 10.5. The van der Waals surface area contributed by atoms with Crippen LogP contribution >= 0.6 is 0 Å². The van der Waals surface area contributed by atoms with Crippen molar-refractivity contribution < 1.29 is 4.79 Å². The molecule has 98 valence electrons. The van der Waals surface area contributed by atoms with Crippen LogP contribution in [0.2, 0.25) is 0 Å². The van der Waals surface area contributed by atoms with E-state index in [4.69, 9.17) is 0 Å². The Morgan fingerprint density at radius 3 is 2.89 bits per heavy atom. The Balaban J connectivity index is 1.50. The molecule has 0 saturated heterocycles. The van der Waals surface area contributed by atoms with Gasteiger partial charge in [-0.3, -0.25) is 14.9 Å². The zero-order valence-corrected chi connectivity index (χ0v) is 10.5. The van der Waals surface area contributed by atoms with Crippen LogP contribution in [0.25, 0.3) is 0 Å². The second kappa shape index (κ2) is 5.17. The molecule has 3 rings (SSSR count). The van der Waals surface area contributed by atoms with Crippen LogP contribution in [0, 0.1) is 0 Å². The Morgan fingerprint density at radius 2 is 2.16 bits per heavy atom. The first-order chi connectivity index (χ1) is 9.33. The van der Waals surface area contributed by atoms with Gasteiger partial charge in [0.1, 0.15) is 5.82 Å². The van der Waals surface area contributed by atoms with Crippen molar-refractivity contribution in [3.05, 3.63) is 41.7 Å². The van der Waals surface area contributed by atoms with Crippen molar-refractivity contribution in [2.75, 3.05) is 6.54 Å². The lowest BCUT2D eigenvalue weighted by molar-refractivity contribution is 0.0944. The van der Waals surface area contributed by atoms with Crippen molar-refractivity contribution >= 4 is 5.91 Å². The van der Waals surface area contributed by atoms with Gasteiger partial charge in [0.2, 0.25) is 5.82 Å². The fourth-order valence-electron chi connectivity index (χ4n) is 1.86. The first-order valence-electron chi connectivity index (χ1n) is 6.42. The molecule has 1 aliphatic rings. The van der Waals surface area contributed by atoms with Crippen molar-refractivity contribution in [3.63, 3.8) is 0 Å². The molecule has 2 N–H and O–H groups in total. The summed E-state index contributed by atoms with van der Waals surface area (Å²) >= 11 is 0. The maximum absolute atomic E-state index is 11.8. The molecule has 19 heavy (non-hydrogen) atoms. The summed E-state index contributed by atoms with van der Waals surface area (Å²) in [5.41, 5.74) is 1.14. The van der Waals surface area contributed by atoms with E-state index >= 15 is 0 Å². The topological polar surface area (TPSA) is 83.6 Å². The third-order valence-corrected chi connectivity index (χ3v) is 3.12. The minimum Gasteiger partial charge on any atom is -0.349 e. The summed E-state index contributed by atoms with van der Waals surface area (Å²) in [6, 6.07) is 3.87. The van der Waals surface area contributed by atoms with E-state index in [1.165, 1.54) is 0 Å². The Morgan fingerprint density at radius 1 is 1.37 bits per heavy atom. The van der Waals surface area contributed by atoms with Gasteiger partial charge in [0.05, 0.1) is 0 Å². The lowest BCUT2D eigenvalue weighted by Gasteiger charge is -2.02. The van der Waals surface area contributed by atoms with E-state index in [0.717, 1.165) is 30.7 Å². The fraction of sp³-hybridized carbons (Fsp3) is 0.385. The Labute approximate surface area is 110 Å². The Bertz CT molecular complexity index is 561. The van der Waals surface area contributed by atoms with Crippen molar-refractivity contribution in [3.8, 4) is 0 Å². The number of hydrogen-bond donors (Lipinski definition) is 2. The molecular formula is C13H15N5O. The highest BCUT2D eigenvalue weighted by Crippen LogP contribution is 2.37. The molecule has 1 amide bonds. The second-order valence-electron chi connectivity index (χ2n) is 4.68. The third kappa shape index (κ3) is 2.96. The molecule has 0 aliphatic heterocycles. The molecule has 0 spiro atoms. The van der Waals surface area contributed by atoms with Gasteiger partial charge in [0.25, 0.3) is 5.91 Å². The number of nitrogens with zero attached hydrogens (tertiary/aromatic N) is 3. The van der Waals surface area contributed by atoms with Gasteiger partial charge in [-0.1, -0.05) is 0 Å². The molecule has 6 heteroatoms. The molecule has 0 unspecified atom stereocenters. The highest BCUT2D eigenvalue weighted by molar-refractivity contribution is 5.90. The normalized spacial score (nSPS) is 14.3. The predicted molar refractivity (Wildman–Crippen MR) is 68.6 cm³/mol. The van der Waals surface area contributed by atoms with Crippen molar-refractivity contribution in [2.24, 2.45) is 0 Å². The lowest BCUT2D eigenvalue weighted by Crippen LogP contribution is -2.26. The number of carbonyl (C=O) groups excluding carboxylic acids is 1. The number of nitrogens with one attached hydrogen (secondary N) is 2. The molecule has 6 nitrogen and oxygen atoms in total. The average Bonchev–Trinajstić information content (AvgIpc) is 3.17. The van der Waals surface area contributed by atoms with Crippen LogP contribution in [-0.2, 0) is 6.42 Å². The van der Waals surface area contributed by atoms with Gasteiger partial charge in [-0.05, 0) is 37.0 Å².